The molecule has 2 aliphatic heterocycles. The number of carbonyl (C=O) groups is 5. The molecular weight excluding hydrogens is 544 g/mol. The minimum absolute atomic E-state index is 0.00786. The van der Waals surface area contributed by atoms with Crippen LogP contribution in [0.3, 0.4) is 0 Å². The molecule has 0 bridgehead atoms. The monoisotopic (exact) mass is 584 g/mol. The molecule has 0 aromatic heterocycles. The van der Waals surface area contributed by atoms with Crippen molar-refractivity contribution in [3.05, 3.63) is 35.4 Å². The zero-order valence-corrected chi connectivity index (χ0v) is 24.4. The second kappa shape index (κ2) is 16.0. The van der Waals surface area contributed by atoms with Crippen LogP contribution in [0.5, 0.6) is 0 Å². The van der Waals surface area contributed by atoms with Crippen molar-refractivity contribution < 1.29 is 24.0 Å². The Kier molecular flexibility index (Phi) is 12.5. The van der Waals surface area contributed by atoms with Crippen molar-refractivity contribution >= 4 is 41.8 Å². The number of fused-ring (bicyclic) bond motifs is 1. The van der Waals surface area contributed by atoms with Crippen LogP contribution >= 0.6 is 11.8 Å². The molecule has 2 aliphatic rings. The van der Waals surface area contributed by atoms with E-state index >= 15 is 0 Å². The SMILES string of the molecule is CC(C)[C@H](NC(=O)c1ccccc1C#N)C(=O)N[C@H](C=O)CCCCNC(=O)CCCC[C@@H]1SC[C@@H]2NC(=O)N[C@@H]21. The lowest BCUT2D eigenvalue weighted by atomic mass is 10.0. The number of amides is 5. The van der Waals surface area contributed by atoms with E-state index in [4.69, 9.17) is 0 Å². The predicted molar refractivity (Wildman–Crippen MR) is 156 cm³/mol. The van der Waals surface area contributed by atoms with Gasteiger partial charge >= 0.3 is 6.03 Å². The molecule has 0 radical (unpaired) electrons. The molecular formula is C29H40N6O5S. The summed E-state index contributed by atoms with van der Waals surface area (Å²) in [6.07, 6.45) is 5.50. The summed E-state index contributed by atoms with van der Waals surface area (Å²) in [4.78, 5) is 60.9. The molecule has 1 aromatic carbocycles. The zero-order valence-electron chi connectivity index (χ0n) is 23.6. The van der Waals surface area contributed by atoms with Crippen molar-refractivity contribution in [1.29, 1.82) is 5.26 Å². The first kappa shape index (κ1) is 31.9. The fraction of sp³-hybridized carbons (Fsp3) is 0.586. The van der Waals surface area contributed by atoms with Gasteiger partial charge in [-0.3, -0.25) is 14.4 Å². The first-order valence-corrected chi connectivity index (χ1v) is 15.3. The molecule has 3 rings (SSSR count). The average molecular weight is 585 g/mol. The van der Waals surface area contributed by atoms with Crippen molar-refractivity contribution in [3.63, 3.8) is 0 Å². The molecule has 222 valence electrons. The summed E-state index contributed by atoms with van der Waals surface area (Å²) in [5.41, 5.74) is 0.398. The van der Waals surface area contributed by atoms with Gasteiger partial charge in [0.2, 0.25) is 11.8 Å². The maximum Gasteiger partial charge on any atom is 0.315 e. The number of aldehydes is 1. The van der Waals surface area contributed by atoms with Gasteiger partial charge in [0.1, 0.15) is 12.3 Å². The Bertz CT molecular complexity index is 1140. The van der Waals surface area contributed by atoms with Crippen molar-refractivity contribution in [2.75, 3.05) is 12.3 Å². The molecule has 5 N–H and O–H groups in total. The molecule has 2 heterocycles. The summed E-state index contributed by atoms with van der Waals surface area (Å²) < 4.78 is 0. The van der Waals surface area contributed by atoms with Crippen LogP contribution in [0.2, 0.25) is 0 Å². The molecule has 5 atom stereocenters. The minimum Gasteiger partial charge on any atom is -0.356 e. The van der Waals surface area contributed by atoms with E-state index in [0.29, 0.717) is 43.8 Å². The second-order valence-electron chi connectivity index (χ2n) is 10.8. The quantitative estimate of drug-likeness (QED) is 0.112. The third-order valence-electron chi connectivity index (χ3n) is 7.36. The van der Waals surface area contributed by atoms with Gasteiger partial charge in [-0.2, -0.15) is 17.0 Å². The molecule has 0 aliphatic carbocycles. The lowest BCUT2D eigenvalue weighted by Crippen LogP contribution is -2.52. The van der Waals surface area contributed by atoms with Gasteiger partial charge in [-0.05, 0) is 50.2 Å². The smallest absolute Gasteiger partial charge is 0.315 e. The number of carbonyl (C=O) groups excluding carboxylic acids is 5. The van der Waals surface area contributed by atoms with Crippen molar-refractivity contribution in [3.8, 4) is 6.07 Å². The van der Waals surface area contributed by atoms with Gasteiger partial charge in [0.25, 0.3) is 5.91 Å². The Morgan fingerprint density at radius 2 is 1.90 bits per heavy atom. The second-order valence-corrected chi connectivity index (χ2v) is 12.1. The minimum atomic E-state index is -0.877. The molecule has 12 heteroatoms. The summed E-state index contributed by atoms with van der Waals surface area (Å²) in [5, 5.41) is 23.9. The third kappa shape index (κ3) is 9.49. The van der Waals surface area contributed by atoms with Gasteiger partial charge in [0.05, 0.1) is 35.3 Å². The summed E-state index contributed by atoms with van der Waals surface area (Å²) in [5.74, 6) is -0.320. The molecule has 1 aromatic rings. The van der Waals surface area contributed by atoms with Crippen LogP contribution in [-0.2, 0) is 14.4 Å². The van der Waals surface area contributed by atoms with Gasteiger partial charge in [-0.15, -0.1) is 0 Å². The third-order valence-corrected chi connectivity index (χ3v) is 8.87. The van der Waals surface area contributed by atoms with Crippen molar-refractivity contribution in [2.24, 2.45) is 5.92 Å². The number of benzene rings is 1. The molecule has 2 fully saturated rings. The number of nitrogens with one attached hydrogen (secondary N) is 5. The van der Waals surface area contributed by atoms with Gasteiger partial charge in [0.15, 0.2) is 0 Å². The number of urea groups is 1. The highest BCUT2D eigenvalue weighted by atomic mass is 32.2. The number of rotatable bonds is 16. The molecule has 11 nitrogen and oxygen atoms in total. The maximum atomic E-state index is 12.9. The van der Waals surface area contributed by atoms with E-state index in [1.807, 2.05) is 17.8 Å². The van der Waals surface area contributed by atoms with Gasteiger partial charge < -0.3 is 31.4 Å². The fourth-order valence-electron chi connectivity index (χ4n) is 5.06. The standard InChI is InChI=1S/C29H40N6O5S/c1-18(2)25(34-27(38)21-11-4-3-9-19(21)15-30)28(39)32-20(16-36)10-7-8-14-31-24(37)13-6-5-12-23-26-22(17-41-23)33-29(40)35-26/h3-4,9,11,16,18,20,22-23,25-26H,5-8,10,12-14,17H2,1-2H3,(H,31,37)(H,32,39)(H,34,38)(H2,33,35,40)/t20-,22-,23-,25-,26-/m0/s1. The molecule has 0 saturated carbocycles. The van der Waals surface area contributed by atoms with Crippen molar-refractivity contribution in [2.45, 2.75) is 88.2 Å². The van der Waals surface area contributed by atoms with Crippen LogP contribution in [-0.4, -0.2) is 71.8 Å². The Balaban J connectivity index is 1.30. The normalized spacial score (nSPS) is 20.6. The van der Waals surface area contributed by atoms with Gasteiger partial charge in [0, 0.05) is 24.0 Å². The summed E-state index contributed by atoms with van der Waals surface area (Å²) in [7, 11) is 0. The topological polar surface area (TPSA) is 169 Å². The molecule has 2 saturated heterocycles. The number of nitrogens with zero attached hydrogens (tertiary/aromatic N) is 1. The van der Waals surface area contributed by atoms with E-state index in [9.17, 15) is 29.2 Å². The number of hydrogen-bond acceptors (Lipinski definition) is 7. The van der Waals surface area contributed by atoms with Crippen LogP contribution < -0.4 is 26.6 Å². The Labute approximate surface area is 245 Å². The molecule has 0 spiro atoms. The van der Waals surface area contributed by atoms with Crippen LogP contribution in [0.1, 0.15) is 74.7 Å². The van der Waals surface area contributed by atoms with Gasteiger partial charge in [-0.1, -0.05) is 32.4 Å². The Morgan fingerprint density at radius 3 is 2.63 bits per heavy atom. The average Bonchev–Trinajstić information content (AvgIpc) is 3.51. The molecule has 0 unspecified atom stereocenters. The fourth-order valence-corrected chi connectivity index (χ4v) is 6.60. The first-order chi connectivity index (χ1) is 19.7. The maximum absolute atomic E-state index is 12.9. The first-order valence-electron chi connectivity index (χ1n) is 14.2. The number of nitriles is 1. The van der Waals surface area contributed by atoms with E-state index in [1.165, 1.54) is 12.1 Å². The van der Waals surface area contributed by atoms with Gasteiger partial charge in [-0.25, -0.2) is 4.79 Å². The highest BCUT2D eigenvalue weighted by molar-refractivity contribution is 8.00. The van der Waals surface area contributed by atoms with E-state index in [1.54, 1.807) is 26.0 Å². The summed E-state index contributed by atoms with van der Waals surface area (Å²) in [6, 6.07) is 7.05. The highest BCUT2D eigenvalue weighted by Gasteiger charge is 2.42. The van der Waals surface area contributed by atoms with Crippen LogP contribution in [0.15, 0.2) is 24.3 Å². The predicted octanol–water partition coefficient (Wildman–Crippen LogP) is 2.01. The van der Waals surface area contributed by atoms with Crippen LogP contribution in [0.4, 0.5) is 4.79 Å². The summed E-state index contributed by atoms with van der Waals surface area (Å²) in [6.45, 7) is 4.06. The van der Waals surface area contributed by atoms with E-state index < -0.39 is 23.9 Å². The zero-order chi connectivity index (χ0) is 29.8. The van der Waals surface area contributed by atoms with Crippen LogP contribution in [0, 0.1) is 17.2 Å². The molecule has 41 heavy (non-hydrogen) atoms. The lowest BCUT2D eigenvalue weighted by Gasteiger charge is -2.24. The number of unbranched alkanes of at least 4 members (excludes halogenated alkanes) is 2. The van der Waals surface area contributed by atoms with Crippen LogP contribution in [0.25, 0.3) is 0 Å². The lowest BCUT2D eigenvalue weighted by molar-refractivity contribution is -0.126. The number of thioether (sulfide) groups is 1. The van der Waals surface area contributed by atoms with E-state index in [2.05, 4.69) is 26.6 Å². The summed E-state index contributed by atoms with van der Waals surface area (Å²) >= 11 is 1.87. The number of hydrogen-bond donors (Lipinski definition) is 5. The van der Waals surface area contributed by atoms with Crippen molar-refractivity contribution in [1.82, 2.24) is 26.6 Å². The highest BCUT2D eigenvalue weighted by Crippen LogP contribution is 2.33. The Hall–Kier alpha value is -3.59. The van der Waals surface area contributed by atoms with E-state index in [0.717, 1.165) is 25.0 Å². The molecule has 5 amide bonds. The largest absolute Gasteiger partial charge is 0.356 e. The van der Waals surface area contributed by atoms with E-state index in [-0.39, 0.29) is 41.1 Å². The Morgan fingerprint density at radius 1 is 1.12 bits per heavy atom.